The molecule has 0 heterocycles. The van der Waals surface area contributed by atoms with Gasteiger partial charge in [0.05, 0.1) is 0 Å². The van der Waals surface area contributed by atoms with Crippen LogP contribution in [0.25, 0.3) is 0 Å². The van der Waals surface area contributed by atoms with Gasteiger partial charge in [-0.15, -0.1) is 0 Å². The highest BCUT2D eigenvalue weighted by molar-refractivity contribution is 6.30. The molecule has 1 aliphatic carbocycles. The lowest BCUT2D eigenvalue weighted by molar-refractivity contribution is 0.128. The van der Waals surface area contributed by atoms with Crippen molar-refractivity contribution in [1.82, 2.24) is 5.32 Å². The van der Waals surface area contributed by atoms with Crippen molar-refractivity contribution < 1.29 is 9.50 Å². The number of benzene rings is 1. The topological polar surface area (TPSA) is 32.3 Å². The maximum atomic E-state index is 13.6. The summed E-state index contributed by atoms with van der Waals surface area (Å²) in [5.74, 6) is -0.278. The molecule has 0 radical (unpaired) electrons. The summed E-state index contributed by atoms with van der Waals surface area (Å²) in [6, 6.07) is 4.72. The number of hydrogen-bond acceptors (Lipinski definition) is 2. The second-order valence-electron chi connectivity index (χ2n) is 5.20. The van der Waals surface area contributed by atoms with Crippen molar-refractivity contribution >= 4 is 11.6 Å². The Bertz CT molecular complexity index is 405. The number of nitrogens with one attached hydrogen (secondary N) is 1. The predicted octanol–water partition coefficient (Wildman–Crippen LogP) is 3.12. The molecule has 0 unspecified atom stereocenters. The van der Waals surface area contributed by atoms with E-state index >= 15 is 0 Å². The number of aliphatic hydroxyl groups is 1. The summed E-state index contributed by atoms with van der Waals surface area (Å²) >= 11 is 5.71. The minimum absolute atomic E-state index is 0.00288. The highest BCUT2D eigenvalue weighted by atomic mass is 35.5. The summed E-state index contributed by atoms with van der Waals surface area (Å²) in [5, 5.41) is 13.1. The van der Waals surface area contributed by atoms with Crippen molar-refractivity contribution in [2.45, 2.75) is 32.2 Å². The van der Waals surface area contributed by atoms with E-state index in [4.69, 9.17) is 11.6 Å². The van der Waals surface area contributed by atoms with Gasteiger partial charge in [-0.1, -0.05) is 30.5 Å². The van der Waals surface area contributed by atoms with Gasteiger partial charge in [-0.05, 0) is 25.0 Å². The molecule has 1 saturated carbocycles. The van der Waals surface area contributed by atoms with E-state index in [1.54, 1.807) is 12.1 Å². The average molecular weight is 272 g/mol. The first-order chi connectivity index (χ1) is 8.65. The van der Waals surface area contributed by atoms with E-state index in [2.05, 4.69) is 5.32 Å². The zero-order valence-corrected chi connectivity index (χ0v) is 11.1. The van der Waals surface area contributed by atoms with Gasteiger partial charge in [0, 0.05) is 35.7 Å². The van der Waals surface area contributed by atoms with E-state index < -0.39 is 0 Å². The van der Waals surface area contributed by atoms with Crippen molar-refractivity contribution in [3.8, 4) is 0 Å². The lowest BCUT2D eigenvalue weighted by Crippen LogP contribution is -2.35. The van der Waals surface area contributed by atoms with E-state index in [1.807, 2.05) is 0 Å². The van der Waals surface area contributed by atoms with E-state index in [0.29, 0.717) is 17.1 Å². The van der Waals surface area contributed by atoms with E-state index in [9.17, 15) is 9.50 Å². The molecule has 0 saturated heterocycles. The standard InChI is InChI=1S/C14H19ClFNO/c15-12-4-3-11(13(16)7-12)8-17-9-14(10-18)5-1-2-6-14/h3-4,7,17-18H,1-2,5-6,8-10H2. The molecule has 1 aliphatic rings. The lowest BCUT2D eigenvalue weighted by atomic mass is 9.87. The molecule has 0 aliphatic heterocycles. The van der Waals surface area contributed by atoms with Gasteiger partial charge >= 0.3 is 0 Å². The molecule has 0 spiro atoms. The van der Waals surface area contributed by atoms with Crippen LogP contribution in [0.4, 0.5) is 4.39 Å². The second kappa shape index (κ2) is 6.00. The van der Waals surface area contributed by atoms with Gasteiger partial charge in [-0.25, -0.2) is 4.39 Å². The highest BCUT2D eigenvalue weighted by Gasteiger charge is 2.32. The summed E-state index contributed by atoms with van der Waals surface area (Å²) in [4.78, 5) is 0. The molecule has 1 fully saturated rings. The molecule has 0 amide bonds. The molecule has 100 valence electrons. The zero-order valence-electron chi connectivity index (χ0n) is 10.4. The van der Waals surface area contributed by atoms with Crippen molar-refractivity contribution in [2.24, 2.45) is 5.41 Å². The monoisotopic (exact) mass is 271 g/mol. The Kier molecular flexibility index (Phi) is 4.60. The fraction of sp³-hybridized carbons (Fsp3) is 0.571. The van der Waals surface area contributed by atoms with Gasteiger partial charge in [-0.3, -0.25) is 0 Å². The van der Waals surface area contributed by atoms with Crippen LogP contribution in [-0.4, -0.2) is 18.3 Å². The Balaban J connectivity index is 1.88. The van der Waals surface area contributed by atoms with Gasteiger partial charge in [0.15, 0.2) is 0 Å². The van der Waals surface area contributed by atoms with Gasteiger partial charge in [0.25, 0.3) is 0 Å². The third-order valence-corrected chi connectivity index (χ3v) is 4.07. The van der Waals surface area contributed by atoms with Crippen LogP contribution >= 0.6 is 11.6 Å². The van der Waals surface area contributed by atoms with Crippen LogP contribution in [-0.2, 0) is 6.54 Å². The quantitative estimate of drug-likeness (QED) is 0.862. The smallest absolute Gasteiger partial charge is 0.129 e. The predicted molar refractivity (Wildman–Crippen MR) is 71.1 cm³/mol. The molecule has 1 aromatic rings. The minimum atomic E-state index is -0.278. The Morgan fingerprint density at radius 1 is 1.33 bits per heavy atom. The molecule has 2 nitrogen and oxygen atoms in total. The van der Waals surface area contributed by atoms with Crippen LogP contribution in [0.15, 0.2) is 18.2 Å². The lowest BCUT2D eigenvalue weighted by Gasteiger charge is -2.26. The van der Waals surface area contributed by atoms with E-state index in [0.717, 1.165) is 19.4 Å². The number of aliphatic hydroxyl groups excluding tert-OH is 1. The van der Waals surface area contributed by atoms with Crippen molar-refractivity contribution in [1.29, 1.82) is 0 Å². The molecule has 0 aromatic heterocycles. The Morgan fingerprint density at radius 2 is 2.06 bits per heavy atom. The van der Waals surface area contributed by atoms with Crippen LogP contribution in [0, 0.1) is 11.2 Å². The molecular formula is C14H19ClFNO. The van der Waals surface area contributed by atoms with Crippen LogP contribution in [0.3, 0.4) is 0 Å². The third kappa shape index (κ3) is 3.22. The fourth-order valence-electron chi connectivity index (χ4n) is 2.64. The number of halogens is 2. The van der Waals surface area contributed by atoms with Crippen molar-refractivity contribution in [3.05, 3.63) is 34.6 Å². The molecule has 0 atom stereocenters. The van der Waals surface area contributed by atoms with Crippen molar-refractivity contribution in [2.75, 3.05) is 13.2 Å². The van der Waals surface area contributed by atoms with Crippen molar-refractivity contribution in [3.63, 3.8) is 0 Å². The van der Waals surface area contributed by atoms with Crippen LogP contribution in [0.2, 0.25) is 5.02 Å². The first-order valence-electron chi connectivity index (χ1n) is 6.41. The summed E-state index contributed by atoms with van der Waals surface area (Å²) < 4.78 is 13.6. The minimum Gasteiger partial charge on any atom is -0.396 e. The summed E-state index contributed by atoms with van der Waals surface area (Å²) in [7, 11) is 0. The van der Waals surface area contributed by atoms with E-state index in [1.165, 1.54) is 18.9 Å². The Morgan fingerprint density at radius 3 is 2.67 bits per heavy atom. The summed E-state index contributed by atoms with van der Waals surface area (Å²) in [5.41, 5.74) is 0.619. The van der Waals surface area contributed by atoms with Gasteiger partial charge in [0.1, 0.15) is 5.82 Å². The largest absolute Gasteiger partial charge is 0.396 e. The summed E-state index contributed by atoms with van der Waals surface area (Å²) in [6.07, 6.45) is 4.47. The third-order valence-electron chi connectivity index (χ3n) is 3.83. The zero-order chi connectivity index (χ0) is 13.0. The first kappa shape index (κ1) is 13.8. The summed E-state index contributed by atoms with van der Waals surface area (Å²) in [6.45, 7) is 1.43. The molecule has 4 heteroatoms. The van der Waals surface area contributed by atoms with Crippen LogP contribution < -0.4 is 5.32 Å². The normalized spacial score (nSPS) is 18.2. The highest BCUT2D eigenvalue weighted by Crippen LogP contribution is 2.36. The maximum absolute atomic E-state index is 13.6. The first-order valence-corrected chi connectivity index (χ1v) is 6.79. The molecule has 1 aromatic carbocycles. The van der Waals surface area contributed by atoms with Gasteiger partial charge in [0.2, 0.25) is 0 Å². The molecule has 0 bridgehead atoms. The average Bonchev–Trinajstić information content (AvgIpc) is 2.81. The molecule has 18 heavy (non-hydrogen) atoms. The van der Waals surface area contributed by atoms with Gasteiger partial charge in [-0.2, -0.15) is 0 Å². The molecule has 2 rings (SSSR count). The van der Waals surface area contributed by atoms with E-state index in [-0.39, 0.29) is 17.8 Å². The second-order valence-corrected chi connectivity index (χ2v) is 5.64. The maximum Gasteiger partial charge on any atom is 0.129 e. The Hall–Kier alpha value is -0.640. The molecule has 2 N–H and O–H groups in total. The van der Waals surface area contributed by atoms with Crippen LogP contribution in [0.5, 0.6) is 0 Å². The number of hydrogen-bond donors (Lipinski definition) is 2. The Labute approximate surface area is 112 Å². The van der Waals surface area contributed by atoms with Gasteiger partial charge < -0.3 is 10.4 Å². The van der Waals surface area contributed by atoms with Crippen LogP contribution in [0.1, 0.15) is 31.2 Å². The number of rotatable bonds is 5. The fourth-order valence-corrected chi connectivity index (χ4v) is 2.80. The SMILES string of the molecule is OCC1(CNCc2ccc(Cl)cc2F)CCCC1. The molecular weight excluding hydrogens is 253 g/mol.